The molecule has 150 valence electrons. The van der Waals surface area contributed by atoms with Crippen molar-refractivity contribution in [1.82, 2.24) is 10.9 Å². The van der Waals surface area contributed by atoms with Crippen molar-refractivity contribution < 1.29 is 9.59 Å². The van der Waals surface area contributed by atoms with Gasteiger partial charge in [-0.05, 0) is 92.0 Å². The topological polar surface area (TPSA) is 73.5 Å². The summed E-state index contributed by atoms with van der Waals surface area (Å²) in [6, 6.07) is 11.2. The summed E-state index contributed by atoms with van der Waals surface area (Å²) in [4.78, 5) is 26.2. The molecule has 0 saturated carbocycles. The van der Waals surface area contributed by atoms with Gasteiger partial charge in [0.05, 0.1) is 0 Å². The van der Waals surface area contributed by atoms with Crippen molar-refractivity contribution in [3.05, 3.63) is 71.3 Å². The quantitative estimate of drug-likeness (QED) is 0.412. The van der Waals surface area contributed by atoms with Crippen LogP contribution in [0.5, 0.6) is 0 Å². The number of aryl methyl sites for hydroxylation is 3. The number of carbonyl (C=O) groups excluding carboxylic acids is 2. The third-order valence-corrected chi connectivity index (χ3v) is 5.16. The number of thiocarbonyl (C=S) groups is 1. The van der Waals surface area contributed by atoms with E-state index in [2.05, 4.69) is 22.7 Å². The average molecular weight is 409 g/mol. The molecule has 1 aliphatic rings. The molecule has 2 aromatic rings. The first-order chi connectivity index (χ1) is 13.9. The fourth-order valence-electron chi connectivity index (χ4n) is 3.24. The van der Waals surface area contributed by atoms with E-state index in [1.165, 1.54) is 11.6 Å². The highest BCUT2D eigenvalue weighted by molar-refractivity contribution is 7.80. The second-order valence-electron chi connectivity index (χ2n) is 6.97. The third-order valence-electron chi connectivity index (χ3n) is 4.96. The number of carbonyl (C=O) groups is 2. The Morgan fingerprint density at radius 3 is 2.62 bits per heavy atom. The van der Waals surface area contributed by atoms with Crippen molar-refractivity contribution in [3.63, 3.8) is 0 Å². The molecule has 1 aliphatic heterocycles. The maximum atomic E-state index is 12.5. The van der Waals surface area contributed by atoms with Gasteiger partial charge in [-0.3, -0.25) is 20.4 Å². The summed E-state index contributed by atoms with van der Waals surface area (Å²) < 4.78 is 0. The number of nitrogens with zero attached hydrogens (tertiary/aromatic N) is 1. The molecule has 3 N–H and O–H groups in total. The molecule has 2 aromatic carbocycles. The second kappa shape index (κ2) is 8.87. The van der Waals surface area contributed by atoms with Crippen LogP contribution in [0.4, 0.5) is 11.4 Å². The van der Waals surface area contributed by atoms with Crippen LogP contribution >= 0.6 is 12.2 Å². The normalized spacial score (nSPS) is 12.6. The van der Waals surface area contributed by atoms with Crippen molar-refractivity contribution in [3.8, 4) is 0 Å². The van der Waals surface area contributed by atoms with E-state index in [9.17, 15) is 9.59 Å². The highest BCUT2D eigenvalue weighted by Crippen LogP contribution is 2.28. The smallest absolute Gasteiger partial charge is 0.269 e. The molecule has 0 atom stereocenters. The van der Waals surface area contributed by atoms with Gasteiger partial charge in [0, 0.05) is 23.5 Å². The fourth-order valence-corrected chi connectivity index (χ4v) is 3.41. The van der Waals surface area contributed by atoms with Gasteiger partial charge < -0.3 is 10.2 Å². The Balaban J connectivity index is 1.62. The van der Waals surface area contributed by atoms with Gasteiger partial charge in [0.25, 0.3) is 5.91 Å². The Kier molecular flexibility index (Phi) is 6.29. The summed E-state index contributed by atoms with van der Waals surface area (Å²) in [7, 11) is 0. The highest BCUT2D eigenvalue weighted by Gasteiger charge is 2.21. The zero-order valence-electron chi connectivity index (χ0n) is 16.5. The molecular weight excluding hydrogens is 384 g/mol. The predicted octanol–water partition coefficient (Wildman–Crippen LogP) is 3.40. The number of nitrogens with one attached hydrogen (secondary N) is 3. The number of fused-ring (bicyclic) bond motifs is 1. The highest BCUT2D eigenvalue weighted by atomic mass is 32.1. The molecule has 1 heterocycles. The van der Waals surface area contributed by atoms with Crippen LogP contribution in [0.3, 0.4) is 0 Å². The Labute approximate surface area is 176 Å². The van der Waals surface area contributed by atoms with Crippen LogP contribution in [0.25, 0.3) is 0 Å². The van der Waals surface area contributed by atoms with Gasteiger partial charge >= 0.3 is 0 Å². The first-order valence-electron chi connectivity index (χ1n) is 9.40. The van der Waals surface area contributed by atoms with E-state index in [1.807, 2.05) is 38.1 Å². The van der Waals surface area contributed by atoms with Crippen molar-refractivity contribution >= 4 is 40.5 Å². The van der Waals surface area contributed by atoms with Crippen molar-refractivity contribution in [2.45, 2.75) is 26.7 Å². The molecular formula is C22H24N4O2S. The lowest BCUT2D eigenvalue weighted by molar-refractivity contribution is -0.114. The third kappa shape index (κ3) is 4.81. The minimum Gasteiger partial charge on any atom is -0.331 e. The summed E-state index contributed by atoms with van der Waals surface area (Å²) in [5.41, 5.74) is 10.8. The molecule has 0 saturated heterocycles. The maximum Gasteiger partial charge on any atom is 0.269 e. The number of amides is 2. The lowest BCUT2D eigenvalue weighted by atomic mass is 9.99. The monoisotopic (exact) mass is 408 g/mol. The van der Waals surface area contributed by atoms with E-state index in [1.54, 1.807) is 17.0 Å². The number of anilines is 2. The number of hydrogen-bond donors (Lipinski definition) is 3. The molecule has 2 amide bonds. The van der Waals surface area contributed by atoms with E-state index in [-0.39, 0.29) is 11.8 Å². The van der Waals surface area contributed by atoms with E-state index in [0.717, 1.165) is 35.3 Å². The Morgan fingerprint density at radius 2 is 1.90 bits per heavy atom. The summed E-state index contributed by atoms with van der Waals surface area (Å²) in [6.45, 7) is 8.28. The number of benzene rings is 2. The first-order valence-corrected chi connectivity index (χ1v) is 9.81. The fraction of sp³-hybridized carbons (Fsp3) is 0.227. The van der Waals surface area contributed by atoms with Crippen molar-refractivity contribution in [2.75, 3.05) is 16.8 Å². The molecule has 0 fully saturated rings. The van der Waals surface area contributed by atoms with Gasteiger partial charge in [0.2, 0.25) is 5.91 Å². The van der Waals surface area contributed by atoms with E-state index >= 15 is 0 Å². The molecule has 0 spiro atoms. The van der Waals surface area contributed by atoms with E-state index in [0.29, 0.717) is 17.2 Å². The molecule has 0 unspecified atom stereocenters. The SMILES string of the molecule is C=CC(=O)N1CCCc2cc(C(=O)NNC(=S)Nc3ccc(C)c(C)c3)ccc21. The van der Waals surface area contributed by atoms with Crippen molar-refractivity contribution in [1.29, 1.82) is 0 Å². The average Bonchev–Trinajstić information content (AvgIpc) is 2.73. The van der Waals surface area contributed by atoms with Crippen molar-refractivity contribution in [2.24, 2.45) is 0 Å². The van der Waals surface area contributed by atoms with Crippen LogP contribution in [-0.2, 0) is 11.2 Å². The summed E-state index contributed by atoms with van der Waals surface area (Å²) >= 11 is 5.24. The number of hydrogen-bond acceptors (Lipinski definition) is 3. The second-order valence-corrected chi connectivity index (χ2v) is 7.38. The van der Waals surface area contributed by atoms with E-state index < -0.39 is 0 Å². The standard InChI is InChI=1S/C22H24N4O2S/c1-4-20(27)26-11-5-6-16-13-17(8-10-19(16)26)21(28)24-25-22(29)23-18-9-7-14(2)15(3)12-18/h4,7-10,12-13H,1,5-6,11H2,2-3H3,(H,24,28)(H2,23,25,29). The molecule has 0 radical (unpaired) electrons. The van der Waals surface area contributed by atoms with Gasteiger partial charge in [0.15, 0.2) is 5.11 Å². The molecule has 0 aromatic heterocycles. The molecule has 29 heavy (non-hydrogen) atoms. The van der Waals surface area contributed by atoms with Crippen LogP contribution in [0.2, 0.25) is 0 Å². The molecule has 0 aliphatic carbocycles. The number of rotatable bonds is 3. The first kappa shape index (κ1) is 20.5. The van der Waals surface area contributed by atoms with Crippen LogP contribution < -0.4 is 21.1 Å². The van der Waals surface area contributed by atoms with Crippen LogP contribution in [0, 0.1) is 13.8 Å². The minimum atomic E-state index is -0.302. The van der Waals surface area contributed by atoms with Crippen LogP contribution in [0.15, 0.2) is 49.1 Å². The molecule has 3 rings (SSSR count). The van der Waals surface area contributed by atoms with Gasteiger partial charge in [0.1, 0.15) is 0 Å². The maximum absolute atomic E-state index is 12.5. The Morgan fingerprint density at radius 1 is 1.10 bits per heavy atom. The summed E-state index contributed by atoms with van der Waals surface area (Å²) in [6.07, 6.45) is 2.97. The minimum absolute atomic E-state index is 0.132. The Hall–Kier alpha value is -3.19. The van der Waals surface area contributed by atoms with Gasteiger partial charge in [-0.15, -0.1) is 0 Å². The van der Waals surface area contributed by atoms with Crippen LogP contribution in [-0.4, -0.2) is 23.5 Å². The zero-order chi connectivity index (χ0) is 21.0. The zero-order valence-corrected chi connectivity index (χ0v) is 17.4. The number of hydrazine groups is 1. The molecule has 7 heteroatoms. The lowest BCUT2D eigenvalue weighted by Crippen LogP contribution is -2.43. The summed E-state index contributed by atoms with van der Waals surface area (Å²) in [5, 5.41) is 3.34. The van der Waals surface area contributed by atoms with Crippen LogP contribution in [0.1, 0.15) is 33.5 Å². The van der Waals surface area contributed by atoms with Gasteiger partial charge in [-0.1, -0.05) is 12.6 Å². The predicted molar refractivity (Wildman–Crippen MR) is 120 cm³/mol. The largest absolute Gasteiger partial charge is 0.331 e. The Bertz CT molecular complexity index is 987. The van der Waals surface area contributed by atoms with Gasteiger partial charge in [-0.25, -0.2) is 0 Å². The van der Waals surface area contributed by atoms with Gasteiger partial charge in [-0.2, -0.15) is 0 Å². The lowest BCUT2D eigenvalue weighted by Gasteiger charge is -2.29. The summed E-state index contributed by atoms with van der Waals surface area (Å²) in [5.74, 6) is -0.434. The van der Waals surface area contributed by atoms with E-state index in [4.69, 9.17) is 12.2 Å². The molecule has 6 nitrogen and oxygen atoms in total. The molecule has 0 bridgehead atoms.